The third kappa shape index (κ3) is 2.73. The molecule has 7 heteroatoms. The number of fused-ring (bicyclic) bond motifs is 1. The van der Waals surface area contributed by atoms with Gasteiger partial charge in [-0.3, -0.25) is 0 Å². The lowest BCUT2D eigenvalue weighted by Crippen LogP contribution is -2.56. The van der Waals surface area contributed by atoms with Crippen LogP contribution in [-0.4, -0.2) is 61.3 Å². The Morgan fingerprint density at radius 1 is 1.10 bits per heavy atom. The molecule has 3 aliphatic rings. The average Bonchev–Trinajstić information content (AvgIpc) is 2.95. The minimum atomic E-state index is -3.33. The van der Waals surface area contributed by atoms with E-state index in [0.717, 1.165) is 32.1 Å². The van der Waals surface area contributed by atoms with Crippen LogP contribution in [0.4, 0.5) is 0 Å². The standard InChI is InChI=1S/C13H23ClN2O3S/c14-10-11-4-6-15(7-5-11)20(17,18)16-8-9-19-13-3-1-2-12(13)16/h11-13H,1-10H2. The van der Waals surface area contributed by atoms with Gasteiger partial charge in [0.15, 0.2) is 0 Å². The second-order valence-corrected chi connectivity index (χ2v) is 8.21. The molecule has 20 heavy (non-hydrogen) atoms. The molecule has 3 fully saturated rings. The molecule has 1 saturated carbocycles. The number of hydrogen-bond acceptors (Lipinski definition) is 3. The summed E-state index contributed by atoms with van der Waals surface area (Å²) >= 11 is 5.87. The molecule has 2 saturated heterocycles. The van der Waals surface area contributed by atoms with Crippen molar-refractivity contribution in [2.24, 2.45) is 5.92 Å². The molecule has 0 aromatic rings. The quantitative estimate of drug-likeness (QED) is 0.739. The second-order valence-electron chi connectivity index (χ2n) is 6.02. The van der Waals surface area contributed by atoms with Gasteiger partial charge in [0.05, 0.1) is 18.8 Å². The molecule has 0 aromatic heterocycles. The van der Waals surface area contributed by atoms with Crippen molar-refractivity contribution in [3.05, 3.63) is 0 Å². The summed E-state index contributed by atoms with van der Waals surface area (Å²) < 4.78 is 34.7. The minimum absolute atomic E-state index is 0.0551. The SMILES string of the molecule is O=S(=O)(N1CCC(CCl)CC1)N1CCOC2CCCC21. The van der Waals surface area contributed by atoms with Crippen molar-refractivity contribution in [3.63, 3.8) is 0 Å². The summed E-state index contributed by atoms with van der Waals surface area (Å²) in [7, 11) is -3.33. The number of ether oxygens (including phenoxy) is 1. The number of morpholine rings is 1. The van der Waals surface area contributed by atoms with Gasteiger partial charge in [0.1, 0.15) is 0 Å². The predicted molar refractivity (Wildman–Crippen MR) is 78.0 cm³/mol. The normalized spacial score (nSPS) is 34.2. The van der Waals surface area contributed by atoms with Crippen molar-refractivity contribution in [3.8, 4) is 0 Å². The molecule has 2 atom stereocenters. The van der Waals surface area contributed by atoms with E-state index in [1.807, 2.05) is 0 Å². The third-order valence-corrected chi connectivity index (χ3v) is 7.35. The highest BCUT2D eigenvalue weighted by molar-refractivity contribution is 7.86. The van der Waals surface area contributed by atoms with Crippen LogP contribution in [0.1, 0.15) is 32.1 Å². The van der Waals surface area contributed by atoms with Gasteiger partial charge in [0.2, 0.25) is 0 Å². The fourth-order valence-electron chi connectivity index (χ4n) is 3.62. The first-order valence-electron chi connectivity index (χ1n) is 7.57. The molecule has 0 radical (unpaired) electrons. The molecule has 0 N–H and O–H groups in total. The fourth-order valence-corrected chi connectivity index (χ4v) is 5.79. The molecule has 2 heterocycles. The Morgan fingerprint density at radius 3 is 2.55 bits per heavy atom. The summed E-state index contributed by atoms with van der Waals surface area (Å²) in [5.74, 6) is 1.10. The molecular formula is C13H23ClN2O3S. The highest BCUT2D eigenvalue weighted by atomic mass is 35.5. The Kier molecular flexibility index (Phi) is 4.57. The molecule has 0 amide bonds. The molecule has 2 unspecified atom stereocenters. The number of halogens is 1. The number of rotatable bonds is 3. The molecule has 5 nitrogen and oxygen atoms in total. The van der Waals surface area contributed by atoms with Crippen LogP contribution in [-0.2, 0) is 14.9 Å². The maximum atomic E-state index is 12.8. The van der Waals surface area contributed by atoms with Crippen LogP contribution in [0.2, 0.25) is 0 Å². The smallest absolute Gasteiger partial charge is 0.282 e. The summed E-state index contributed by atoms with van der Waals surface area (Å²) in [6, 6.07) is 0.0551. The Bertz CT molecular complexity index is 437. The van der Waals surface area contributed by atoms with Crippen LogP contribution >= 0.6 is 11.6 Å². The number of piperidine rings is 1. The Morgan fingerprint density at radius 2 is 1.85 bits per heavy atom. The highest BCUT2D eigenvalue weighted by Crippen LogP contribution is 2.33. The van der Waals surface area contributed by atoms with E-state index >= 15 is 0 Å². The lowest BCUT2D eigenvalue weighted by Gasteiger charge is -2.41. The average molecular weight is 323 g/mol. The van der Waals surface area contributed by atoms with Gasteiger partial charge >= 0.3 is 0 Å². The lowest BCUT2D eigenvalue weighted by atomic mass is 10.0. The molecule has 0 bridgehead atoms. The maximum absolute atomic E-state index is 12.8. The largest absolute Gasteiger partial charge is 0.375 e. The first-order valence-corrected chi connectivity index (χ1v) is 9.50. The fraction of sp³-hybridized carbons (Fsp3) is 1.00. The van der Waals surface area contributed by atoms with Crippen molar-refractivity contribution in [1.82, 2.24) is 8.61 Å². The van der Waals surface area contributed by atoms with E-state index in [9.17, 15) is 8.42 Å². The lowest BCUT2D eigenvalue weighted by molar-refractivity contribution is -0.0263. The number of nitrogens with zero attached hydrogens (tertiary/aromatic N) is 2. The summed E-state index contributed by atoms with van der Waals surface area (Å²) in [6.45, 7) is 2.24. The number of hydrogen-bond donors (Lipinski definition) is 0. The molecule has 3 rings (SSSR count). The van der Waals surface area contributed by atoms with E-state index < -0.39 is 10.2 Å². The summed E-state index contributed by atoms with van der Waals surface area (Å²) in [4.78, 5) is 0. The van der Waals surface area contributed by atoms with Crippen molar-refractivity contribution in [2.75, 3.05) is 32.1 Å². The highest BCUT2D eigenvalue weighted by Gasteiger charge is 2.44. The van der Waals surface area contributed by atoms with Gasteiger partial charge < -0.3 is 4.74 Å². The van der Waals surface area contributed by atoms with Crippen LogP contribution in [0.3, 0.4) is 0 Å². The minimum Gasteiger partial charge on any atom is -0.375 e. The van der Waals surface area contributed by atoms with Gasteiger partial charge in [-0.05, 0) is 38.0 Å². The van der Waals surface area contributed by atoms with Crippen LogP contribution in [0.5, 0.6) is 0 Å². The summed E-state index contributed by atoms with van der Waals surface area (Å²) in [6.07, 6.45) is 4.85. The Hall–Kier alpha value is 0.120. The molecule has 2 aliphatic heterocycles. The van der Waals surface area contributed by atoms with Crippen molar-refractivity contribution in [2.45, 2.75) is 44.2 Å². The third-order valence-electron chi connectivity index (χ3n) is 4.85. The first kappa shape index (κ1) is 15.0. The first-order chi connectivity index (χ1) is 9.63. The van der Waals surface area contributed by atoms with Gasteiger partial charge in [0, 0.05) is 25.5 Å². The van der Waals surface area contributed by atoms with E-state index in [4.69, 9.17) is 16.3 Å². The van der Waals surface area contributed by atoms with Crippen LogP contribution in [0, 0.1) is 5.92 Å². The van der Waals surface area contributed by atoms with E-state index in [1.54, 1.807) is 8.61 Å². The van der Waals surface area contributed by atoms with Crippen molar-refractivity contribution >= 4 is 21.8 Å². The van der Waals surface area contributed by atoms with E-state index in [-0.39, 0.29) is 12.1 Å². The van der Waals surface area contributed by atoms with Gasteiger partial charge in [-0.25, -0.2) is 0 Å². The second kappa shape index (κ2) is 6.08. The van der Waals surface area contributed by atoms with Gasteiger partial charge in [-0.2, -0.15) is 17.0 Å². The van der Waals surface area contributed by atoms with E-state index in [0.29, 0.717) is 38.0 Å². The molecule has 0 spiro atoms. The molecule has 1 aliphatic carbocycles. The Balaban J connectivity index is 1.71. The zero-order valence-electron chi connectivity index (χ0n) is 11.7. The Labute approximate surface area is 126 Å². The molecular weight excluding hydrogens is 300 g/mol. The van der Waals surface area contributed by atoms with Crippen molar-refractivity contribution in [1.29, 1.82) is 0 Å². The van der Waals surface area contributed by atoms with Crippen LogP contribution < -0.4 is 0 Å². The van der Waals surface area contributed by atoms with E-state index in [1.165, 1.54) is 0 Å². The van der Waals surface area contributed by atoms with Gasteiger partial charge in [0.25, 0.3) is 10.2 Å². The van der Waals surface area contributed by atoms with Crippen molar-refractivity contribution < 1.29 is 13.2 Å². The van der Waals surface area contributed by atoms with Gasteiger partial charge in [-0.1, -0.05) is 0 Å². The van der Waals surface area contributed by atoms with Crippen LogP contribution in [0.25, 0.3) is 0 Å². The van der Waals surface area contributed by atoms with Crippen LogP contribution in [0.15, 0.2) is 0 Å². The molecule has 0 aromatic carbocycles. The summed E-state index contributed by atoms with van der Waals surface area (Å²) in [5.41, 5.74) is 0. The maximum Gasteiger partial charge on any atom is 0.282 e. The predicted octanol–water partition coefficient (Wildman–Crippen LogP) is 1.44. The van der Waals surface area contributed by atoms with E-state index in [2.05, 4.69) is 0 Å². The monoisotopic (exact) mass is 322 g/mol. The zero-order chi connectivity index (χ0) is 14.2. The number of alkyl halides is 1. The zero-order valence-corrected chi connectivity index (χ0v) is 13.3. The van der Waals surface area contributed by atoms with Gasteiger partial charge in [-0.15, -0.1) is 11.6 Å². The topological polar surface area (TPSA) is 49.9 Å². The molecule has 116 valence electrons. The summed E-state index contributed by atoms with van der Waals surface area (Å²) in [5, 5.41) is 0.